The summed E-state index contributed by atoms with van der Waals surface area (Å²) in [5.41, 5.74) is -3.14. The maximum absolute atomic E-state index is 13.0. The number of halogens is 3. The lowest BCUT2D eigenvalue weighted by Crippen LogP contribution is -2.43. The number of aliphatic carboxylic acids is 1. The molecule has 4 nitrogen and oxygen atoms in total. The number of rotatable bonds is 2. The first-order valence-corrected chi connectivity index (χ1v) is 6.21. The van der Waals surface area contributed by atoms with Crippen LogP contribution in [0, 0.1) is 0 Å². The highest BCUT2D eigenvalue weighted by Gasteiger charge is 2.49. The molecule has 0 unspecified atom stereocenters. The fraction of sp³-hybridized carbons (Fsp3) is 0.538. The number of carboxylic acid groups (broad SMARTS) is 1. The van der Waals surface area contributed by atoms with Crippen LogP contribution in [-0.4, -0.2) is 27.3 Å². The Morgan fingerprint density at radius 1 is 1.35 bits per heavy atom. The predicted molar refractivity (Wildman–Crippen MR) is 63.0 cm³/mol. The molecule has 0 spiro atoms. The molecule has 1 aromatic rings. The van der Waals surface area contributed by atoms with Crippen molar-refractivity contribution >= 4 is 5.97 Å². The van der Waals surface area contributed by atoms with Gasteiger partial charge in [-0.3, -0.25) is 9.78 Å². The minimum atomic E-state index is -4.65. The van der Waals surface area contributed by atoms with Crippen LogP contribution in [0.2, 0.25) is 0 Å². The Bertz CT molecular complexity index is 508. The van der Waals surface area contributed by atoms with Crippen LogP contribution in [0.25, 0.3) is 0 Å². The zero-order chi connectivity index (χ0) is 15.0. The molecule has 1 aliphatic carbocycles. The molecule has 1 aromatic heterocycles. The summed E-state index contributed by atoms with van der Waals surface area (Å²) in [5.74, 6) is -1.33. The number of hydrogen-bond donors (Lipinski definition) is 2. The molecule has 0 aliphatic heterocycles. The topological polar surface area (TPSA) is 70.4 Å². The van der Waals surface area contributed by atoms with Crippen molar-refractivity contribution < 1.29 is 28.2 Å². The van der Waals surface area contributed by atoms with Crippen LogP contribution >= 0.6 is 0 Å². The number of nitrogens with zero attached hydrogens (tertiary/aromatic N) is 1. The van der Waals surface area contributed by atoms with Crippen molar-refractivity contribution in [3.63, 3.8) is 0 Å². The quantitative estimate of drug-likeness (QED) is 0.876. The number of carboxylic acids is 1. The lowest BCUT2D eigenvalue weighted by Gasteiger charge is -2.36. The molecule has 0 bridgehead atoms. The summed E-state index contributed by atoms with van der Waals surface area (Å²) in [4.78, 5) is 15.3. The Kier molecular flexibility index (Phi) is 3.73. The minimum absolute atomic E-state index is 0.0520. The second-order valence-electron chi connectivity index (χ2n) is 5.02. The molecule has 1 saturated carbocycles. The highest BCUT2D eigenvalue weighted by atomic mass is 19.4. The van der Waals surface area contributed by atoms with Crippen molar-refractivity contribution in [2.75, 3.05) is 0 Å². The zero-order valence-corrected chi connectivity index (χ0v) is 10.5. The van der Waals surface area contributed by atoms with Crippen molar-refractivity contribution in [3.05, 3.63) is 29.6 Å². The van der Waals surface area contributed by atoms with E-state index in [2.05, 4.69) is 4.98 Å². The molecule has 2 rings (SSSR count). The number of pyridine rings is 1. The first kappa shape index (κ1) is 14.8. The summed E-state index contributed by atoms with van der Waals surface area (Å²) in [6.45, 7) is 0. The van der Waals surface area contributed by atoms with Gasteiger partial charge in [0.05, 0.1) is 17.4 Å². The predicted octanol–water partition coefficient (Wildman–Crippen LogP) is 2.36. The zero-order valence-electron chi connectivity index (χ0n) is 10.5. The first-order valence-electron chi connectivity index (χ1n) is 6.21. The Morgan fingerprint density at radius 2 is 1.95 bits per heavy atom. The Balaban J connectivity index is 2.54. The second-order valence-corrected chi connectivity index (χ2v) is 5.02. The molecule has 7 heteroatoms. The van der Waals surface area contributed by atoms with Crippen LogP contribution in [0.15, 0.2) is 18.3 Å². The van der Waals surface area contributed by atoms with Crippen LogP contribution in [0.4, 0.5) is 13.2 Å². The van der Waals surface area contributed by atoms with E-state index in [1.54, 1.807) is 0 Å². The van der Waals surface area contributed by atoms with Crippen molar-refractivity contribution in [1.29, 1.82) is 0 Å². The summed E-state index contributed by atoms with van der Waals surface area (Å²) >= 11 is 0. The summed E-state index contributed by atoms with van der Waals surface area (Å²) in [6, 6.07) is 1.98. The second kappa shape index (κ2) is 5.05. The molecule has 0 aromatic carbocycles. The molecule has 0 saturated heterocycles. The van der Waals surface area contributed by atoms with Gasteiger partial charge >= 0.3 is 12.1 Å². The van der Waals surface area contributed by atoms with Crippen molar-refractivity contribution in [2.24, 2.45) is 0 Å². The average molecular weight is 289 g/mol. The van der Waals surface area contributed by atoms with Gasteiger partial charge in [-0.05, 0) is 37.8 Å². The van der Waals surface area contributed by atoms with E-state index in [1.165, 1.54) is 6.20 Å². The Labute approximate surface area is 113 Å². The molecule has 2 N–H and O–H groups in total. The van der Waals surface area contributed by atoms with Crippen LogP contribution in [0.1, 0.15) is 36.9 Å². The van der Waals surface area contributed by atoms with E-state index in [-0.39, 0.29) is 25.7 Å². The average Bonchev–Trinajstić information content (AvgIpc) is 2.38. The summed E-state index contributed by atoms with van der Waals surface area (Å²) in [6.07, 6.45) is -3.95. The van der Waals surface area contributed by atoms with Gasteiger partial charge in [-0.15, -0.1) is 0 Å². The van der Waals surface area contributed by atoms with E-state index in [0.717, 1.165) is 12.1 Å². The number of aromatic nitrogens is 1. The number of aliphatic hydroxyl groups is 1. The molecule has 1 fully saturated rings. The normalized spacial score (nSPS) is 27.3. The molecule has 1 aliphatic rings. The lowest BCUT2D eigenvalue weighted by atomic mass is 9.69. The molecule has 20 heavy (non-hydrogen) atoms. The van der Waals surface area contributed by atoms with Gasteiger partial charge in [-0.2, -0.15) is 13.2 Å². The van der Waals surface area contributed by atoms with Crippen molar-refractivity contribution in [2.45, 2.75) is 43.4 Å². The number of alkyl halides is 3. The fourth-order valence-electron chi connectivity index (χ4n) is 2.66. The van der Waals surface area contributed by atoms with Gasteiger partial charge in [-0.1, -0.05) is 0 Å². The molecular weight excluding hydrogens is 275 g/mol. The highest BCUT2D eigenvalue weighted by molar-refractivity contribution is 5.81. The van der Waals surface area contributed by atoms with Gasteiger partial charge in [0.2, 0.25) is 0 Å². The van der Waals surface area contributed by atoms with Gasteiger partial charge in [-0.25, -0.2) is 0 Å². The third kappa shape index (κ3) is 2.49. The Hall–Kier alpha value is -1.63. The lowest BCUT2D eigenvalue weighted by molar-refractivity contribution is -0.148. The third-order valence-electron chi connectivity index (χ3n) is 3.78. The minimum Gasteiger partial charge on any atom is -0.481 e. The van der Waals surface area contributed by atoms with Gasteiger partial charge < -0.3 is 10.2 Å². The molecule has 0 amide bonds. The maximum Gasteiger partial charge on any atom is 0.418 e. The van der Waals surface area contributed by atoms with E-state index in [0.29, 0.717) is 0 Å². The SMILES string of the molecule is O=C(O)C1(c2ncccc2C(F)(F)F)CCC(O)CC1. The summed E-state index contributed by atoms with van der Waals surface area (Å²) in [5, 5.41) is 18.9. The van der Waals surface area contributed by atoms with E-state index >= 15 is 0 Å². The largest absolute Gasteiger partial charge is 0.481 e. The molecule has 1 heterocycles. The molecule has 0 radical (unpaired) electrons. The number of carbonyl (C=O) groups is 1. The maximum atomic E-state index is 13.0. The molecular formula is C13H14F3NO3. The third-order valence-corrected chi connectivity index (χ3v) is 3.78. The molecule has 0 atom stereocenters. The van der Waals surface area contributed by atoms with Gasteiger partial charge in [0.15, 0.2) is 0 Å². The van der Waals surface area contributed by atoms with Crippen molar-refractivity contribution in [1.82, 2.24) is 4.98 Å². The monoisotopic (exact) mass is 289 g/mol. The van der Waals surface area contributed by atoms with Crippen LogP contribution in [0.3, 0.4) is 0 Å². The van der Waals surface area contributed by atoms with E-state index in [4.69, 9.17) is 0 Å². The van der Waals surface area contributed by atoms with Crippen molar-refractivity contribution in [3.8, 4) is 0 Å². The number of aliphatic hydroxyl groups excluding tert-OH is 1. The highest BCUT2D eigenvalue weighted by Crippen LogP contribution is 2.44. The first-order chi connectivity index (χ1) is 9.27. The van der Waals surface area contributed by atoms with Crippen LogP contribution in [-0.2, 0) is 16.4 Å². The van der Waals surface area contributed by atoms with Gasteiger partial charge in [0.25, 0.3) is 0 Å². The Morgan fingerprint density at radius 3 is 2.45 bits per heavy atom. The summed E-state index contributed by atoms with van der Waals surface area (Å²) in [7, 11) is 0. The van der Waals surface area contributed by atoms with E-state index in [1.807, 2.05) is 0 Å². The van der Waals surface area contributed by atoms with Gasteiger partial charge in [0, 0.05) is 6.20 Å². The van der Waals surface area contributed by atoms with Crippen LogP contribution < -0.4 is 0 Å². The standard InChI is InChI=1S/C13H14F3NO3/c14-13(15,16)9-2-1-7-17-10(9)12(11(19)20)5-3-8(18)4-6-12/h1-2,7-8,18H,3-6H2,(H,19,20). The fourth-order valence-corrected chi connectivity index (χ4v) is 2.66. The van der Waals surface area contributed by atoms with Crippen LogP contribution in [0.5, 0.6) is 0 Å². The number of hydrogen-bond acceptors (Lipinski definition) is 3. The van der Waals surface area contributed by atoms with Gasteiger partial charge in [0.1, 0.15) is 5.41 Å². The van der Waals surface area contributed by atoms with E-state index < -0.39 is 34.9 Å². The smallest absolute Gasteiger partial charge is 0.418 e. The summed E-state index contributed by atoms with van der Waals surface area (Å²) < 4.78 is 39.1. The van der Waals surface area contributed by atoms with E-state index in [9.17, 15) is 28.2 Å². The molecule has 110 valence electrons.